The number of carbonyl (C=O) groups excluding carboxylic acids is 2. The van der Waals surface area contributed by atoms with Crippen LogP contribution in [0.3, 0.4) is 0 Å². The zero-order valence-corrected chi connectivity index (χ0v) is 14.7. The fraction of sp³-hybridized carbons (Fsp3) is 0.125. The van der Waals surface area contributed by atoms with Gasteiger partial charge in [0.1, 0.15) is 0 Å². The van der Waals surface area contributed by atoms with Crippen LogP contribution < -0.4 is 5.32 Å². The van der Waals surface area contributed by atoms with E-state index in [0.29, 0.717) is 0 Å². The molecule has 0 aliphatic heterocycles. The van der Waals surface area contributed by atoms with Crippen LogP contribution in [0.1, 0.15) is 17.3 Å². The Morgan fingerprint density at radius 1 is 1.23 bits per heavy atom. The highest BCUT2D eigenvalue weighted by Gasteiger charge is 2.22. The normalized spacial score (nSPS) is 11.5. The number of hydrogen-bond donors (Lipinski definition) is 1. The topological polar surface area (TPSA) is 98.5 Å². The van der Waals surface area contributed by atoms with Gasteiger partial charge in [0.05, 0.1) is 15.5 Å². The third-order valence-corrected chi connectivity index (χ3v) is 3.78. The van der Waals surface area contributed by atoms with Crippen molar-refractivity contribution in [2.24, 2.45) is 0 Å². The number of esters is 1. The van der Waals surface area contributed by atoms with Crippen LogP contribution in [-0.2, 0) is 9.53 Å². The van der Waals surface area contributed by atoms with E-state index < -0.39 is 34.4 Å². The highest BCUT2D eigenvalue weighted by atomic mass is 35.5. The molecule has 1 atom stereocenters. The van der Waals surface area contributed by atoms with Crippen LogP contribution in [0.5, 0.6) is 0 Å². The third-order valence-electron chi connectivity index (χ3n) is 3.21. The first-order chi connectivity index (χ1) is 12.2. The van der Waals surface area contributed by atoms with E-state index in [0.717, 1.165) is 18.2 Å². The Morgan fingerprint density at radius 3 is 2.58 bits per heavy atom. The van der Waals surface area contributed by atoms with Crippen LogP contribution in [0, 0.1) is 15.9 Å². The quantitative estimate of drug-likeness (QED) is 0.460. The number of hydrogen-bond acceptors (Lipinski definition) is 5. The van der Waals surface area contributed by atoms with Crippen LogP contribution in [-0.4, -0.2) is 22.9 Å². The number of nitro groups is 1. The number of amides is 1. The number of anilines is 1. The summed E-state index contributed by atoms with van der Waals surface area (Å²) in [6.07, 6.45) is -1.25. The molecule has 0 fully saturated rings. The summed E-state index contributed by atoms with van der Waals surface area (Å²) in [6.45, 7) is 1.30. The Bertz CT molecular complexity index is 891. The summed E-state index contributed by atoms with van der Waals surface area (Å²) in [6, 6.07) is 7.02. The number of carbonyl (C=O) groups is 2. The Labute approximate surface area is 156 Å². The lowest BCUT2D eigenvalue weighted by Gasteiger charge is -2.14. The molecular weight excluding hydrogens is 390 g/mol. The molecule has 2 aromatic carbocycles. The highest BCUT2D eigenvalue weighted by molar-refractivity contribution is 6.35. The van der Waals surface area contributed by atoms with Gasteiger partial charge in [-0.1, -0.05) is 23.2 Å². The number of ether oxygens (including phenoxy) is 1. The Hall–Kier alpha value is -2.71. The minimum absolute atomic E-state index is 0.0174. The molecule has 0 bridgehead atoms. The van der Waals surface area contributed by atoms with E-state index in [1.54, 1.807) is 0 Å². The van der Waals surface area contributed by atoms with Crippen molar-refractivity contribution in [3.8, 4) is 0 Å². The number of benzene rings is 2. The zero-order chi connectivity index (χ0) is 19.4. The molecule has 26 heavy (non-hydrogen) atoms. The minimum atomic E-state index is -1.25. The first-order valence-electron chi connectivity index (χ1n) is 7.10. The number of nitrogens with one attached hydrogen (secondary N) is 1. The van der Waals surface area contributed by atoms with Crippen LogP contribution in [0.4, 0.5) is 15.8 Å². The second-order valence-corrected chi connectivity index (χ2v) is 5.93. The fourth-order valence-corrected chi connectivity index (χ4v) is 2.27. The van der Waals surface area contributed by atoms with Gasteiger partial charge in [0.2, 0.25) is 5.82 Å². The second kappa shape index (κ2) is 8.11. The molecular formula is C16H11Cl2FN2O5. The minimum Gasteiger partial charge on any atom is -0.449 e. The van der Waals surface area contributed by atoms with Gasteiger partial charge >= 0.3 is 11.7 Å². The van der Waals surface area contributed by atoms with Gasteiger partial charge in [0.25, 0.3) is 5.91 Å². The maximum Gasteiger partial charge on any atom is 0.340 e. The van der Waals surface area contributed by atoms with Crippen molar-refractivity contribution in [2.75, 3.05) is 5.32 Å². The molecule has 0 spiro atoms. The summed E-state index contributed by atoms with van der Waals surface area (Å²) in [5.74, 6) is -2.68. The summed E-state index contributed by atoms with van der Waals surface area (Å²) < 4.78 is 18.3. The van der Waals surface area contributed by atoms with Crippen LogP contribution in [0.25, 0.3) is 0 Å². The zero-order valence-electron chi connectivity index (χ0n) is 13.2. The molecule has 7 nitrogen and oxygen atoms in total. The van der Waals surface area contributed by atoms with Crippen molar-refractivity contribution in [3.63, 3.8) is 0 Å². The first kappa shape index (κ1) is 19.6. The van der Waals surface area contributed by atoms with E-state index in [2.05, 4.69) is 5.32 Å². The van der Waals surface area contributed by atoms with Gasteiger partial charge in [-0.2, -0.15) is 4.39 Å². The van der Waals surface area contributed by atoms with Crippen LogP contribution >= 0.6 is 23.2 Å². The van der Waals surface area contributed by atoms with Gasteiger partial charge in [0, 0.05) is 16.8 Å². The SMILES string of the molecule is CC(OC(=O)c1cc(Cl)ccc1Cl)C(=O)Nc1ccc(F)c([N+](=O)[O-])c1. The van der Waals surface area contributed by atoms with Crippen molar-refractivity contribution < 1.29 is 23.6 Å². The van der Waals surface area contributed by atoms with E-state index in [4.69, 9.17) is 27.9 Å². The molecule has 1 amide bonds. The van der Waals surface area contributed by atoms with Crippen LogP contribution in [0.2, 0.25) is 10.0 Å². The van der Waals surface area contributed by atoms with Gasteiger partial charge in [-0.05, 0) is 37.3 Å². The highest BCUT2D eigenvalue weighted by Crippen LogP contribution is 2.23. The van der Waals surface area contributed by atoms with Gasteiger partial charge in [0.15, 0.2) is 6.10 Å². The first-order valence-corrected chi connectivity index (χ1v) is 7.85. The second-order valence-electron chi connectivity index (χ2n) is 5.08. The predicted octanol–water partition coefficient (Wildman–Crippen LogP) is 4.22. The molecule has 2 aromatic rings. The molecule has 1 N–H and O–H groups in total. The number of halogens is 3. The molecule has 10 heteroatoms. The molecule has 2 rings (SSSR count). The summed E-state index contributed by atoms with van der Waals surface area (Å²) in [5.41, 5.74) is -0.832. The fourth-order valence-electron chi connectivity index (χ4n) is 1.91. The lowest BCUT2D eigenvalue weighted by atomic mass is 10.2. The molecule has 0 aliphatic rings. The van der Waals surface area contributed by atoms with Gasteiger partial charge in [-0.25, -0.2) is 4.79 Å². The molecule has 0 radical (unpaired) electrons. The number of nitro benzene ring substituents is 1. The molecule has 0 heterocycles. The molecule has 0 aliphatic carbocycles. The van der Waals surface area contributed by atoms with Crippen molar-refractivity contribution in [3.05, 3.63) is 67.9 Å². The maximum atomic E-state index is 13.3. The largest absolute Gasteiger partial charge is 0.449 e. The number of rotatable bonds is 5. The average molecular weight is 401 g/mol. The smallest absolute Gasteiger partial charge is 0.340 e. The molecule has 0 aromatic heterocycles. The predicted molar refractivity (Wildman–Crippen MR) is 93.0 cm³/mol. The summed E-state index contributed by atoms with van der Waals surface area (Å²) in [5, 5.41) is 13.4. The van der Waals surface area contributed by atoms with E-state index >= 15 is 0 Å². The lowest BCUT2D eigenvalue weighted by molar-refractivity contribution is -0.387. The van der Waals surface area contributed by atoms with E-state index in [1.165, 1.54) is 25.1 Å². The van der Waals surface area contributed by atoms with Gasteiger partial charge < -0.3 is 10.1 Å². The molecule has 1 unspecified atom stereocenters. The van der Waals surface area contributed by atoms with E-state index in [1.807, 2.05) is 0 Å². The maximum absolute atomic E-state index is 13.3. The lowest BCUT2D eigenvalue weighted by Crippen LogP contribution is -2.30. The standard InChI is InChI=1S/C16H11Cl2FN2O5/c1-8(26-16(23)11-6-9(17)2-4-12(11)18)15(22)20-10-3-5-13(19)14(7-10)21(24)25/h2-8H,1H3,(H,20,22). The molecule has 136 valence electrons. The Kier molecular flexibility index (Phi) is 6.12. The third kappa shape index (κ3) is 4.68. The van der Waals surface area contributed by atoms with Gasteiger partial charge in [-0.3, -0.25) is 14.9 Å². The van der Waals surface area contributed by atoms with Gasteiger partial charge in [-0.15, -0.1) is 0 Å². The number of nitrogens with zero attached hydrogens (tertiary/aromatic N) is 1. The van der Waals surface area contributed by atoms with Crippen molar-refractivity contribution in [1.82, 2.24) is 0 Å². The summed E-state index contributed by atoms with van der Waals surface area (Å²) in [7, 11) is 0. The van der Waals surface area contributed by atoms with Crippen LogP contribution in [0.15, 0.2) is 36.4 Å². The van der Waals surface area contributed by atoms with Crippen molar-refractivity contribution in [1.29, 1.82) is 0 Å². The molecule has 0 saturated heterocycles. The Balaban J connectivity index is 2.08. The van der Waals surface area contributed by atoms with E-state index in [9.17, 15) is 24.1 Å². The monoisotopic (exact) mass is 400 g/mol. The molecule has 0 saturated carbocycles. The summed E-state index contributed by atoms with van der Waals surface area (Å²) >= 11 is 11.7. The Morgan fingerprint density at radius 2 is 1.92 bits per heavy atom. The van der Waals surface area contributed by atoms with Crippen molar-refractivity contribution >= 4 is 46.5 Å². The average Bonchev–Trinajstić information content (AvgIpc) is 2.58. The summed E-state index contributed by atoms with van der Waals surface area (Å²) in [4.78, 5) is 34.0. The van der Waals surface area contributed by atoms with Crippen molar-refractivity contribution in [2.45, 2.75) is 13.0 Å². The van der Waals surface area contributed by atoms with E-state index in [-0.39, 0.29) is 21.3 Å².